The van der Waals surface area contributed by atoms with Gasteiger partial charge in [0, 0.05) is 18.5 Å². The van der Waals surface area contributed by atoms with Crippen molar-refractivity contribution in [1.29, 1.82) is 0 Å². The highest BCUT2D eigenvalue weighted by molar-refractivity contribution is 6.46. The lowest BCUT2D eigenvalue weighted by Gasteiger charge is -2.28. The van der Waals surface area contributed by atoms with Gasteiger partial charge < -0.3 is 24.4 Å². The minimum atomic E-state index is -0.664. The molecule has 2 N–H and O–H groups in total. The van der Waals surface area contributed by atoms with Crippen molar-refractivity contribution in [2.75, 3.05) is 39.4 Å². The molecule has 3 aromatic carbocycles. The molecule has 2 aliphatic heterocycles. The standard InChI is InChI=1S/C36H42N2O5/c1-25-23-28(13-16-30(25)43-24-26-9-6-5-7-10-26)33(39)31-32(27-11-14-29(15-12-27)36(2,3)4)38(35(41)34(31)40)18-8-17-37-19-21-42-22-20-37/h5-7,9-16,23,32,39H,8,17-22,24H2,1-4H3/p+1/t32-/m0/s1. The molecule has 2 aliphatic rings. The van der Waals surface area contributed by atoms with E-state index in [4.69, 9.17) is 9.47 Å². The summed E-state index contributed by atoms with van der Waals surface area (Å²) in [6.45, 7) is 13.5. The number of likely N-dealkylation sites (tertiary alicyclic amines) is 1. The van der Waals surface area contributed by atoms with Crippen molar-refractivity contribution in [3.63, 3.8) is 0 Å². The molecule has 0 unspecified atom stereocenters. The summed E-state index contributed by atoms with van der Waals surface area (Å²) in [6.07, 6.45) is 0.755. The predicted molar refractivity (Wildman–Crippen MR) is 167 cm³/mol. The zero-order valence-electron chi connectivity index (χ0n) is 25.7. The van der Waals surface area contributed by atoms with Gasteiger partial charge in [-0.1, -0.05) is 75.4 Å². The molecule has 3 aromatic rings. The van der Waals surface area contributed by atoms with Crippen LogP contribution in [0.15, 0.2) is 78.4 Å². The van der Waals surface area contributed by atoms with Gasteiger partial charge in [0.15, 0.2) is 0 Å². The fraction of sp³-hybridized carbons (Fsp3) is 0.389. The summed E-state index contributed by atoms with van der Waals surface area (Å²) < 4.78 is 11.5. The molecule has 0 aromatic heterocycles. The number of aliphatic hydroxyl groups excluding tert-OH is 1. The van der Waals surface area contributed by atoms with Gasteiger partial charge in [-0.3, -0.25) is 9.59 Å². The number of quaternary nitrogens is 1. The number of carbonyl (C=O) groups is 2. The van der Waals surface area contributed by atoms with E-state index in [1.54, 1.807) is 11.0 Å². The Kier molecular flexibility index (Phi) is 9.33. The number of ketones is 1. The van der Waals surface area contributed by atoms with Crippen molar-refractivity contribution in [1.82, 2.24) is 4.90 Å². The van der Waals surface area contributed by atoms with Gasteiger partial charge in [-0.05, 0) is 52.8 Å². The molecular formula is C36H43N2O5+. The Morgan fingerprint density at radius 1 is 1.00 bits per heavy atom. The average molecular weight is 584 g/mol. The van der Waals surface area contributed by atoms with Crippen LogP contribution in [0.3, 0.4) is 0 Å². The highest BCUT2D eigenvalue weighted by Gasteiger charge is 2.46. The number of hydrogen-bond donors (Lipinski definition) is 2. The van der Waals surface area contributed by atoms with Crippen LogP contribution in [0.4, 0.5) is 0 Å². The van der Waals surface area contributed by atoms with Gasteiger partial charge in [-0.25, -0.2) is 0 Å². The lowest BCUT2D eigenvalue weighted by Crippen LogP contribution is -3.14. The first-order valence-corrected chi connectivity index (χ1v) is 15.2. The molecule has 5 rings (SSSR count). The van der Waals surface area contributed by atoms with Crippen molar-refractivity contribution in [3.8, 4) is 5.75 Å². The second-order valence-corrected chi connectivity index (χ2v) is 12.6. The first-order chi connectivity index (χ1) is 20.6. The molecule has 43 heavy (non-hydrogen) atoms. The van der Waals surface area contributed by atoms with Crippen LogP contribution in [0.25, 0.3) is 5.76 Å². The first kappa shape index (κ1) is 30.5. The first-order valence-electron chi connectivity index (χ1n) is 15.2. The summed E-state index contributed by atoms with van der Waals surface area (Å²) >= 11 is 0. The Hall–Kier alpha value is -3.94. The number of Topliss-reactive ketones (excluding diaryl/α,β-unsaturated/α-hetero) is 1. The minimum absolute atomic E-state index is 0.0386. The quantitative estimate of drug-likeness (QED) is 0.219. The van der Waals surface area contributed by atoms with E-state index >= 15 is 0 Å². The number of nitrogens with zero attached hydrogens (tertiary/aromatic N) is 1. The molecule has 1 atom stereocenters. The smallest absolute Gasteiger partial charge is 0.295 e. The Balaban J connectivity index is 1.44. The van der Waals surface area contributed by atoms with E-state index in [2.05, 4.69) is 32.9 Å². The molecule has 1 amide bonds. The van der Waals surface area contributed by atoms with Crippen LogP contribution >= 0.6 is 0 Å². The normalized spacial score (nSPS) is 19.2. The topological polar surface area (TPSA) is 80.5 Å². The number of aliphatic hydroxyl groups is 1. The molecule has 0 saturated carbocycles. The molecule has 0 spiro atoms. The summed E-state index contributed by atoms with van der Waals surface area (Å²) in [5.74, 6) is -0.686. The number of benzene rings is 3. The molecule has 0 aliphatic carbocycles. The summed E-state index contributed by atoms with van der Waals surface area (Å²) in [6, 6.07) is 22.7. The SMILES string of the molecule is Cc1cc(C(O)=C2C(=O)C(=O)N(CCC[NH+]3CCOCC3)[C@H]2c2ccc(C(C)(C)C)cc2)ccc1OCc1ccccc1. The molecule has 7 heteroatoms. The Morgan fingerprint density at radius 3 is 2.35 bits per heavy atom. The molecule has 7 nitrogen and oxygen atoms in total. The van der Waals surface area contributed by atoms with Crippen LogP contribution in [0.5, 0.6) is 5.75 Å². The van der Waals surface area contributed by atoms with Gasteiger partial charge >= 0.3 is 0 Å². The number of hydrogen-bond acceptors (Lipinski definition) is 5. The van der Waals surface area contributed by atoms with Crippen molar-refractivity contribution >= 4 is 17.4 Å². The van der Waals surface area contributed by atoms with E-state index in [1.807, 2.05) is 61.5 Å². The van der Waals surface area contributed by atoms with Crippen LogP contribution in [0.1, 0.15) is 61.1 Å². The van der Waals surface area contributed by atoms with Gasteiger partial charge in [0.25, 0.3) is 11.7 Å². The maximum atomic E-state index is 13.6. The zero-order valence-corrected chi connectivity index (χ0v) is 25.7. The summed E-state index contributed by atoms with van der Waals surface area (Å²) in [4.78, 5) is 30.1. The minimum Gasteiger partial charge on any atom is -0.507 e. The third-order valence-corrected chi connectivity index (χ3v) is 8.45. The van der Waals surface area contributed by atoms with Crippen molar-refractivity contribution in [2.45, 2.75) is 52.2 Å². The van der Waals surface area contributed by atoms with Gasteiger partial charge in [-0.2, -0.15) is 0 Å². The molecule has 2 saturated heterocycles. The second kappa shape index (κ2) is 13.1. The van der Waals surface area contributed by atoms with E-state index in [0.717, 1.165) is 61.5 Å². The molecule has 2 fully saturated rings. The number of carbonyl (C=O) groups excluding carboxylic acids is 2. The van der Waals surface area contributed by atoms with Crippen molar-refractivity contribution in [3.05, 3.63) is 106 Å². The predicted octanol–water partition coefficient (Wildman–Crippen LogP) is 4.60. The summed E-state index contributed by atoms with van der Waals surface area (Å²) in [5.41, 5.74) is 4.43. The number of morpholine rings is 1. The van der Waals surface area contributed by atoms with E-state index in [1.165, 1.54) is 4.90 Å². The van der Waals surface area contributed by atoms with Gasteiger partial charge in [0.1, 0.15) is 31.2 Å². The Morgan fingerprint density at radius 2 is 1.70 bits per heavy atom. The number of amides is 1. The second-order valence-electron chi connectivity index (χ2n) is 12.6. The van der Waals surface area contributed by atoms with E-state index in [0.29, 0.717) is 24.5 Å². The number of aryl methyl sites for hydroxylation is 1. The molecular weight excluding hydrogens is 540 g/mol. The van der Waals surface area contributed by atoms with Gasteiger partial charge in [0.2, 0.25) is 0 Å². The Labute approximate surface area is 254 Å². The van der Waals surface area contributed by atoms with E-state index < -0.39 is 17.7 Å². The summed E-state index contributed by atoms with van der Waals surface area (Å²) in [7, 11) is 0. The third kappa shape index (κ3) is 7.00. The van der Waals surface area contributed by atoms with E-state index in [9.17, 15) is 14.7 Å². The lowest BCUT2D eigenvalue weighted by molar-refractivity contribution is -0.908. The van der Waals surface area contributed by atoms with Gasteiger partial charge in [-0.15, -0.1) is 0 Å². The van der Waals surface area contributed by atoms with Crippen molar-refractivity contribution in [2.24, 2.45) is 0 Å². The van der Waals surface area contributed by atoms with Crippen molar-refractivity contribution < 1.29 is 29.1 Å². The third-order valence-electron chi connectivity index (χ3n) is 8.45. The van der Waals surface area contributed by atoms with Crippen LogP contribution < -0.4 is 9.64 Å². The molecule has 0 bridgehead atoms. The van der Waals surface area contributed by atoms with E-state index in [-0.39, 0.29) is 16.7 Å². The molecule has 226 valence electrons. The number of ether oxygens (including phenoxy) is 2. The number of rotatable bonds is 9. The maximum Gasteiger partial charge on any atom is 0.295 e. The monoisotopic (exact) mass is 583 g/mol. The maximum absolute atomic E-state index is 13.6. The largest absolute Gasteiger partial charge is 0.507 e. The zero-order chi connectivity index (χ0) is 30.6. The molecule has 2 heterocycles. The Bertz CT molecular complexity index is 1470. The highest BCUT2D eigenvalue weighted by Crippen LogP contribution is 2.40. The van der Waals surface area contributed by atoms with Crippen LogP contribution in [0.2, 0.25) is 0 Å². The fourth-order valence-corrected chi connectivity index (χ4v) is 5.88. The van der Waals surface area contributed by atoms with Crippen LogP contribution in [0, 0.1) is 6.92 Å². The van der Waals surface area contributed by atoms with Crippen LogP contribution in [-0.2, 0) is 26.3 Å². The summed E-state index contributed by atoms with van der Waals surface area (Å²) in [5, 5.41) is 11.6. The van der Waals surface area contributed by atoms with Crippen LogP contribution in [-0.4, -0.2) is 61.1 Å². The highest BCUT2D eigenvalue weighted by atomic mass is 16.5. The average Bonchev–Trinajstić information content (AvgIpc) is 3.26. The fourth-order valence-electron chi connectivity index (χ4n) is 5.88. The van der Waals surface area contributed by atoms with Gasteiger partial charge in [0.05, 0.1) is 31.4 Å². The lowest BCUT2D eigenvalue weighted by atomic mass is 9.85. The number of nitrogens with one attached hydrogen (secondary N) is 1. The molecule has 0 radical (unpaired) electrons.